The third kappa shape index (κ3) is 2.07. The van der Waals surface area contributed by atoms with Gasteiger partial charge in [-0.1, -0.05) is 24.8 Å². The number of nitrogens with zero attached hydrogens (tertiary/aromatic N) is 1. The summed E-state index contributed by atoms with van der Waals surface area (Å²) in [5.41, 5.74) is 3.43. The zero-order valence-corrected chi connectivity index (χ0v) is 11.5. The lowest BCUT2D eigenvalue weighted by atomic mass is 10.2. The fourth-order valence-corrected chi connectivity index (χ4v) is 2.43. The van der Waals surface area contributed by atoms with Crippen molar-refractivity contribution < 1.29 is 9.30 Å². The van der Waals surface area contributed by atoms with Crippen molar-refractivity contribution in [2.24, 2.45) is 0 Å². The first-order valence-electron chi connectivity index (χ1n) is 6.59. The third-order valence-corrected chi connectivity index (χ3v) is 3.39. The predicted octanol–water partition coefficient (Wildman–Crippen LogP) is 3.32. The van der Waals surface area contributed by atoms with Gasteiger partial charge in [-0.3, -0.25) is 0 Å². The van der Waals surface area contributed by atoms with Crippen molar-refractivity contribution in [1.82, 2.24) is 4.98 Å². The molecule has 0 atom stereocenters. The molecule has 0 saturated carbocycles. The van der Waals surface area contributed by atoms with Crippen LogP contribution in [0.3, 0.4) is 0 Å². The van der Waals surface area contributed by atoms with Crippen LogP contribution in [0, 0.1) is 0 Å². The number of hydrogen-bond donors (Lipinski definition) is 1. The summed E-state index contributed by atoms with van der Waals surface area (Å²) < 4.78 is 7.43. The summed E-state index contributed by atoms with van der Waals surface area (Å²) in [6.07, 6.45) is 1.91. The number of fused-ring (bicyclic) bond motifs is 1. The molecule has 0 saturated heterocycles. The van der Waals surface area contributed by atoms with Gasteiger partial charge in [0.1, 0.15) is 12.3 Å². The Morgan fingerprint density at radius 2 is 1.90 bits per heavy atom. The van der Waals surface area contributed by atoms with Gasteiger partial charge in [-0.25, -0.2) is 9.55 Å². The molecule has 2 aromatic carbocycles. The van der Waals surface area contributed by atoms with E-state index in [-0.39, 0.29) is 0 Å². The monoisotopic (exact) mass is 265 g/mol. The van der Waals surface area contributed by atoms with E-state index in [9.17, 15) is 0 Å². The molecule has 0 aliphatic rings. The number of hydrogen-bond acceptors (Lipinski definition) is 1. The molecule has 20 heavy (non-hydrogen) atoms. The zero-order chi connectivity index (χ0) is 13.9. The highest BCUT2D eigenvalue weighted by Gasteiger charge is 2.18. The van der Waals surface area contributed by atoms with Crippen LogP contribution in [0.4, 0.5) is 0 Å². The minimum Gasteiger partial charge on any atom is -0.497 e. The minimum absolute atomic E-state index is 0.769. The molecule has 0 aliphatic carbocycles. The van der Waals surface area contributed by atoms with Crippen LogP contribution < -0.4 is 9.30 Å². The fourth-order valence-electron chi connectivity index (χ4n) is 2.43. The van der Waals surface area contributed by atoms with Gasteiger partial charge in [0.2, 0.25) is 0 Å². The molecule has 0 aliphatic heterocycles. The van der Waals surface area contributed by atoms with Crippen molar-refractivity contribution >= 4 is 11.0 Å². The maximum Gasteiger partial charge on any atom is 0.287 e. The number of imidazole rings is 1. The molecule has 100 valence electrons. The fraction of sp³-hybridized carbons (Fsp3) is 0.118. The van der Waals surface area contributed by atoms with E-state index in [4.69, 9.17) is 4.74 Å². The first-order chi connectivity index (χ1) is 9.83. The van der Waals surface area contributed by atoms with Crippen LogP contribution >= 0.6 is 0 Å². The summed E-state index contributed by atoms with van der Waals surface area (Å²) in [4.78, 5) is 3.48. The largest absolute Gasteiger partial charge is 0.497 e. The number of benzene rings is 2. The van der Waals surface area contributed by atoms with Crippen molar-refractivity contribution in [3.05, 3.63) is 61.2 Å². The SMILES string of the molecule is C=CC[n+]1c(-c2ccc(OC)cc2)[nH]c2ccccc21. The number of allylic oxidation sites excluding steroid dienone is 1. The molecule has 1 aromatic heterocycles. The summed E-state index contributed by atoms with van der Waals surface area (Å²) >= 11 is 0. The number of nitrogens with one attached hydrogen (secondary N) is 1. The molecular weight excluding hydrogens is 248 g/mol. The standard InChI is InChI=1S/C17H16N2O/c1-3-12-19-16-7-5-4-6-15(16)18-17(19)13-8-10-14(20-2)11-9-13/h3-11H,1,12H2,2H3/p+1. The van der Waals surface area contributed by atoms with Crippen LogP contribution in [0.15, 0.2) is 61.2 Å². The highest BCUT2D eigenvalue weighted by molar-refractivity contribution is 5.74. The van der Waals surface area contributed by atoms with E-state index in [0.29, 0.717) is 0 Å². The molecule has 0 radical (unpaired) electrons. The zero-order valence-electron chi connectivity index (χ0n) is 11.5. The Kier molecular flexibility index (Phi) is 3.25. The number of ether oxygens (including phenoxy) is 1. The Morgan fingerprint density at radius 1 is 1.15 bits per heavy atom. The topological polar surface area (TPSA) is 28.9 Å². The van der Waals surface area contributed by atoms with E-state index in [2.05, 4.69) is 40.4 Å². The summed E-state index contributed by atoms with van der Waals surface area (Å²) in [7, 11) is 1.68. The van der Waals surface area contributed by atoms with E-state index >= 15 is 0 Å². The van der Waals surface area contributed by atoms with Crippen LogP contribution in [-0.4, -0.2) is 12.1 Å². The number of para-hydroxylation sites is 2. The van der Waals surface area contributed by atoms with E-state index in [0.717, 1.165) is 29.2 Å². The molecule has 1 heterocycles. The number of methoxy groups -OCH3 is 1. The lowest BCUT2D eigenvalue weighted by Gasteiger charge is -2.01. The highest BCUT2D eigenvalue weighted by atomic mass is 16.5. The molecule has 3 nitrogen and oxygen atoms in total. The van der Waals surface area contributed by atoms with Crippen molar-refractivity contribution in [3.8, 4) is 17.1 Å². The second-order valence-electron chi connectivity index (χ2n) is 4.62. The van der Waals surface area contributed by atoms with Crippen molar-refractivity contribution in [1.29, 1.82) is 0 Å². The van der Waals surface area contributed by atoms with Gasteiger partial charge in [-0.05, 0) is 36.4 Å². The van der Waals surface area contributed by atoms with Gasteiger partial charge in [0.25, 0.3) is 5.82 Å². The van der Waals surface area contributed by atoms with E-state index in [1.54, 1.807) is 7.11 Å². The Labute approximate surface area is 118 Å². The highest BCUT2D eigenvalue weighted by Crippen LogP contribution is 2.21. The second kappa shape index (κ2) is 5.21. The summed E-state index contributed by atoms with van der Waals surface area (Å²) in [6, 6.07) is 16.3. The maximum absolute atomic E-state index is 5.21. The third-order valence-electron chi connectivity index (χ3n) is 3.39. The van der Waals surface area contributed by atoms with E-state index < -0.39 is 0 Å². The number of rotatable bonds is 4. The molecule has 0 bridgehead atoms. The Balaban J connectivity index is 2.18. The molecule has 0 unspecified atom stereocenters. The second-order valence-corrected chi connectivity index (χ2v) is 4.62. The van der Waals surface area contributed by atoms with E-state index in [1.165, 1.54) is 5.52 Å². The average molecular weight is 265 g/mol. The summed E-state index contributed by atoms with van der Waals surface area (Å²) in [5.74, 6) is 1.94. The van der Waals surface area contributed by atoms with Gasteiger partial charge in [0.15, 0.2) is 11.0 Å². The van der Waals surface area contributed by atoms with Gasteiger partial charge >= 0.3 is 0 Å². The maximum atomic E-state index is 5.21. The molecule has 1 N–H and O–H groups in total. The minimum atomic E-state index is 0.769. The Bertz CT molecular complexity index is 741. The molecule has 3 heteroatoms. The Morgan fingerprint density at radius 3 is 2.60 bits per heavy atom. The smallest absolute Gasteiger partial charge is 0.287 e. The number of aromatic nitrogens is 2. The predicted molar refractivity (Wildman–Crippen MR) is 80.7 cm³/mol. The normalized spacial score (nSPS) is 10.7. The first-order valence-corrected chi connectivity index (χ1v) is 6.59. The van der Waals surface area contributed by atoms with Gasteiger partial charge in [-0.2, -0.15) is 0 Å². The number of aromatic amines is 1. The molecule has 3 rings (SSSR count). The molecule has 0 amide bonds. The van der Waals surface area contributed by atoms with Gasteiger partial charge in [-0.15, -0.1) is 0 Å². The van der Waals surface area contributed by atoms with Crippen molar-refractivity contribution in [3.63, 3.8) is 0 Å². The van der Waals surface area contributed by atoms with Crippen LogP contribution in [0.25, 0.3) is 22.4 Å². The van der Waals surface area contributed by atoms with Crippen LogP contribution in [0.1, 0.15) is 0 Å². The van der Waals surface area contributed by atoms with Crippen LogP contribution in [0.5, 0.6) is 5.75 Å². The van der Waals surface area contributed by atoms with Gasteiger partial charge < -0.3 is 4.74 Å². The molecule has 0 spiro atoms. The lowest BCUT2D eigenvalue weighted by molar-refractivity contribution is -0.649. The first kappa shape index (κ1) is 12.5. The molecular formula is C17H17N2O+. The average Bonchev–Trinajstić information content (AvgIpc) is 2.87. The van der Waals surface area contributed by atoms with Crippen molar-refractivity contribution in [2.45, 2.75) is 6.54 Å². The quantitative estimate of drug-likeness (QED) is 0.569. The summed E-state index contributed by atoms with van der Waals surface area (Å²) in [5, 5.41) is 0. The van der Waals surface area contributed by atoms with Gasteiger partial charge in [0, 0.05) is 0 Å². The Hall–Kier alpha value is -2.55. The lowest BCUT2D eigenvalue weighted by Crippen LogP contribution is -2.33. The van der Waals surface area contributed by atoms with Gasteiger partial charge in [0.05, 0.1) is 12.7 Å². The van der Waals surface area contributed by atoms with E-state index in [1.807, 2.05) is 30.3 Å². The number of H-pyrrole nitrogens is 1. The van der Waals surface area contributed by atoms with Crippen molar-refractivity contribution in [2.75, 3.05) is 7.11 Å². The summed E-state index contributed by atoms with van der Waals surface area (Å²) in [6.45, 7) is 4.62. The van der Waals surface area contributed by atoms with Crippen LogP contribution in [-0.2, 0) is 6.54 Å². The van der Waals surface area contributed by atoms with Crippen LogP contribution in [0.2, 0.25) is 0 Å². The molecule has 0 fully saturated rings. The molecule has 3 aromatic rings.